The first-order valence-corrected chi connectivity index (χ1v) is 9.18. The molecule has 3 aromatic rings. The number of aromatic nitrogens is 4. The maximum atomic E-state index is 12.2. The van der Waals surface area contributed by atoms with Crippen molar-refractivity contribution in [3.8, 4) is 5.75 Å². The van der Waals surface area contributed by atoms with Crippen LogP contribution in [-0.4, -0.2) is 31.7 Å². The van der Waals surface area contributed by atoms with E-state index in [1.807, 2.05) is 0 Å². The normalized spacial score (nSPS) is 14.5. The number of ether oxygens (including phenoxy) is 1. The number of amides is 1. The quantitative estimate of drug-likeness (QED) is 0.670. The number of halogens is 1. The van der Waals surface area contributed by atoms with Crippen molar-refractivity contribution in [3.63, 3.8) is 0 Å². The second kappa shape index (κ2) is 7.28. The molecule has 4 rings (SSSR count). The molecule has 1 saturated carbocycles. The van der Waals surface area contributed by atoms with Crippen LogP contribution in [0.1, 0.15) is 25.7 Å². The molecule has 1 aliphatic carbocycles. The number of carbonyl (C=O) groups excluding carboxylic acids is 1. The van der Waals surface area contributed by atoms with Gasteiger partial charge in [0, 0.05) is 18.3 Å². The lowest BCUT2D eigenvalue weighted by molar-refractivity contribution is 0.215. The number of carbonyl (C=O) groups is 1. The van der Waals surface area contributed by atoms with E-state index in [0.717, 1.165) is 17.3 Å². The molecule has 0 saturated heterocycles. The minimum absolute atomic E-state index is 0.362. The molecule has 134 valence electrons. The number of hydrogen-bond acceptors (Lipinski definition) is 6. The van der Waals surface area contributed by atoms with Gasteiger partial charge in [-0.3, -0.25) is 10.3 Å². The monoisotopic (exact) mass is 416 g/mol. The summed E-state index contributed by atoms with van der Waals surface area (Å²) in [5, 5.41) is 10.4. The van der Waals surface area contributed by atoms with Gasteiger partial charge in [-0.1, -0.05) is 12.8 Å². The summed E-state index contributed by atoms with van der Waals surface area (Å²) in [6.45, 7) is 0. The number of fused-ring (bicyclic) bond motifs is 1. The molecular weight excluding hydrogens is 400 g/mol. The van der Waals surface area contributed by atoms with E-state index in [4.69, 9.17) is 4.74 Å². The summed E-state index contributed by atoms with van der Waals surface area (Å²) < 4.78 is 7.54. The van der Waals surface area contributed by atoms with Crippen LogP contribution in [0.2, 0.25) is 0 Å². The van der Waals surface area contributed by atoms with E-state index in [-0.39, 0.29) is 0 Å². The molecule has 1 aliphatic rings. The van der Waals surface area contributed by atoms with Crippen molar-refractivity contribution < 1.29 is 9.53 Å². The maximum absolute atomic E-state index is 12.2. The van der Waals surface area contributed by atoms with E-state index in [9.17, 15) is 4.79 Å². The van der Waals surface area contributed by atoms with E-state index in [2.05, 4.69) is 41.6 Å². The molecule has 3 aromatic heterocycles. The molecule has 0 unspecified atom stereocenters. The van der Waals surface area contributed by atoms with E-state index < -0.39 is 6.09 Å². The lowest BCUT2D eigenvalue weighted by Crippen LogP contribution is -2.20. The fourth-order valence-electron chi connectivity index (χ4n) is 3.02. The topological polar surface area (TPSA) is 93.4 Å². The Morgan fingerprint density at radius 2 is 2.15 bits per heavy atom. The summed E-state index contributed by atoms with van der Waals surface area (Å²) in [5.74, 6) is 1.53. The van der Waals surface area contributed by atoms with Crippen LogP contribution in [0.5, 0.6) is 5.75 Å². The van der Waals surface area contributed by atoms with Crippen LogP contribution in [0.25, 0.3) is 5.65 Å². The zero-order valence-corrected chi connectivity index (χ0v) is 15.4. The maximum Gasteiger partial charge on any atom is 0.418 e. The highest BCUT2D eigenvalue weighted by molar-refractivity contribution is 9.10. The fraction of sp³-hybridized carbons (Fsp3) is 0.294. The Labute approximate surface area is 158 Å². The lowest BCUT2D eigenvalue weighted by Gasteiger charge is -2.15. The van der Waals surface area contributed by atoms with Crippen LogP contribution in [-0.2, 0) is 0 Å². The van der Waals surface area contributed by atoms with Crippen molar-refractivity contribution in [2.24, 2.45) is 0 Å². The SMILES string of the molecule is O=C(Nc1cc(NC2CCCC2)nc2c(Br)cnn12)Oc1cccnc1. The molecule has 1 fully saturated rings. The van der Waals surface area contributed by atoms with Crippen LogP contribution in [0.4, 0.5) is 16.4 Å². The Balaban J connectivity index is 1.59. The Hall–Kier alpha value is -2.68. The molecule has 0 atom stereocenters. The number of anilines is 2. The fourth-order valence-corrected chi connectivity index (χ4v) is 3.37. The first-order valence-electron chi connectivity index (χ1n) is 8.39. The molecule has 8 nitrogen and oxygen atoms in total. The zero-order chi connectivity index (χ0) is 17.9. The van der Waals surface area contributed by atoms with Crippen LogP contribution in [0.15, 0.2) is 41.3 Å². The minimum Gasteiger partial charge on any atom is -0.408 e. The minimum atomic E-state index is -0.621. The number of hydrogen-bond donors (Lipinski definition) is 2. The smallest absolute Gasteiger partial charge is 0.408 e. The predicted octanol–water partition coefficient (Wildman–Crippen LogP) is 3.85. The van der Waals surface area contributed by atoms with Gasteiger partial charge in [-0.15, -0.1) is 0 Å². The first-order chi connectivity index (χ1) is 12.7. The highest BCUT2D eigenvalue weighted by atomic mass is 79.9. The van der Waals surface area contributed by atoms with E-state index in [1.54, 1.807) is 35.1 Å². The molecule has 0 radical (unpaired) electrons. The van der Waals surface area contributed by atoms with Gasteiger partial charge in [-0.2, -0.15) is 9.61 Å². The zero-order valence-electron chi connectivity index (χ0n) is 13.9. The van der Waals surface area contributed by atoms with Crippen molar-refractivity contribution in [2.45, 2.75) is 31.7 Å². The number of nitrogens with one attached hydrogen (secondary N) is 2. The van der Waals surface area contributed by atoms with Gasteiger partial charge in [0.05, 0.1) is 16.9 Å². The summed E-state index contributed by atoms with van der Waals surface area (Å²) >= 11 is 3.44. The number of pyridine rings is 1. The summed E-state index contributed by atoms with van der Waals surface area (Å²) in [6.07, 6.45) is 8.79. The number of rotatable bonds is 4. The van der Waals surface area contributed by atoms with Gasteiger partial charge < -0.3 is 10.1 Å². The van der Waals surface area contributed by atoms with Gasteiger partial charge in [0.2, 0.25) is 0 Å². The third-order valence-electron chi connectivity index (χ3n) is 4.21. The van der Waals surface area contributed by atoms with Crippen molar-refractivity contribution in [1.82, 2.24) is 19.6 Å². The average Bonchev–Trinajstić information content (AvgIpc) is 3.26. The first kappa shape index (κ1) is 16.8. The molecule has 2 N–H and O–H groups in total. The largest absolute Gasteiger partial charge is 0.418 e. The second-order valence-corrected chi connectivity index (χ2v) is 6.94. The third-order valence-corrected chi connectivity index (χ3v) is 4.77. The van der Waals surface area contributed by atoms with E-state index in [1.165, 1.54) is 19.0 Å². The molecule has 3 heterocycles. The average molecular weight is 417 g/mol. The molecule has 0 bridgehead atoms. The summed E-state index contributed by atoms with van der Waals surface area (Å²) in [6, 6.07) is 5.52. The third kappa shape index (κ3) is 3.62. The highest BCUT2D eigenvalue weighted by Crippen LogP contribution is 2.26. The van der Waals surface area contributed by atoms with Crippen LogP contribution >= 0.6 is 15.9 Å². The second-order valence-electron chi connectivity index (χ2n) is 6.08. The highest BCUT2D eigenvalue weighted by Gasteiger charge is 2.18. The molecule has 26 heavy (non-hydrogen) atoms. The molecule has 0 aliphatic heterocycles. The van der Waals surface area contributed by atoms with Gasteiger partial charge in [0.15, 0.2) is 11.4 Å². The Bertz CT molecular complexity index is 924. The summed E-state index contributed by atoms with van der Waals surface area (Å²) in [4.78, 5) is 20.7. The molecule has 1 amide bonds. The summed E-state index contributed by atoms with van der Waals surface area (Å²) in [5.41, 5.74) is 0.615. The van der Waals surface area contributed by atoms with Gasteiger partial charge in [0.25, 0.3) is 0 Å². The molecular formula is C17H17BrN6O2. The predicted molar refractivity (Wildman–Crippen MR) is 100 cm³/mol. The van der Waals surface area contributed by atoms with Crippen molar-refractivity contribution >= 4 is 39.3 Å². The van der Waals surface area contributed by atoms with Crippen LogP contribution in [0.3, 0.4) is 0 Å². The molecule has 0 aromatic carbocycles. The Morgan fingerprint density at radius 1 is 1.31 bits per heavy atom. The van der Waals surface area contributed by atoms with Gasteiger partial charge in [-0.25, -0.2) is 9.78 Å². The molecule has 9 heteroatoms. The van der Waals surface area contributed by atoms with Crippen molar-refractivity contribution in [3.05, 3.63) is 41.3 Å². The van der Waals surface area contributed by atoms with Gasteiger partial charge >= 0.3 is 6.09 Å². The van der Waals surface area contributed by atoms with Gasteiger partial charge in [-0.05, 0) is 40.9 Å². The standard InChI is InChI=1S/C17H17BrN6O2/c18-13-10-20-24-15(23-17(25)26-12-6-3-7-19-9-12)8-14(22-16(13)24)21-11-4-1-2-5-11/h3,6-11H,1-2,4-5H2,(H,21,22)(H,23,25). The van der Waals surface area contributed by atoms with Crippen LogP contribution in [0, 0.1) is 0 Å². The Morgan fingerprint density at radius 3 is 2.92 bits per heavy atom. The summed E-state index contributed by atoms with van der Waals surface area (Å²) in [7, 11) is 0. The number of nitrogens with zero attached hydrogens (tertiary/aromatic N) is 4. The van der Waals surface area contributed by atoms with E-state index in [0.29, 0.717) is 29.1 Å². The van der Waals surface area contributed by atoms with Crippen molar-refractivity contribution in [2.75, 3.05) is 10.6 Å². The lowest BCUT2D eigenvalue weighted by atomic mass is 10.2. The van der Waals surface area contributed by atoms with Crippen molar-refractivity contribution in [1.29, 1.82) is 0 Å². The Kier molecular flexibility index (Phi) is 4.70. The van der Waals surface area contributed by atoms with E-state index >= 15 is 0 Å². The van der Waals surface area contributed by atoms with Crippen LogP contribution < -0.4 is 15.4 Å². The molecule has 0 spiro atoms. The van der Waals surface area contributed by atoms with Gasteiger partial charge in [0.1, 0.15) is 11.6 Å².